The van der Waals surface area contributed by atoms with Crippen molar-refractivity contribution in [2.45, 2.75) is 247 Å². The molecule has 8 rings (SSSR count). The number of aromatic nitrogens is 2. The van der Waals surface area contributed by atoms with E-state index in [0.29, 0.717) is 66.2 Å². The maximum absolute atomic E-state index is 15.3. The summed E-state index contributed by atoms with van der Waals surface area (Å²) in [4.78, 5) is 230. The molecule has 1 aromatic heterocycles. The van der Waals surface area contributed by atoms with Crippen molar-refractivity contribution in [1.29, 1.82) is 0 Å². The number of thioether (sulfide) groups is 1. The highest BCUT2D eigenvalue weighted by Crippen LogP contribution is 2.33. The number of nitrogens with zero attached hydrogens (tertiary/aromatic N) is 2. The van der Waals surface area contributed by atoms with Crippen LogP contribution in [0.3, 0.4) is 0 Å². The summed E-state index contributed by atoms with van der Waals surface area (Å²) in [6, 6.07) is 11.1. The first-order valence-electron chi connectivity index (χ1n) is 45.1. The lowest BCUT2D eigenvalue weighted by Gasteiger charge is -2.32. The topological polar surface area (TPSA) is 644 Å². The molecule has 0 saturated carbocycles. The number of benzene rings is 4. The molecule has 26 N–H and O–H groups in total. The second kappa shape index (κ2) is 53.5. The monoisotopic (exact) mass is 1870 g/mol. The molecular weight excluding hydrogens is 1740 g/mol. The van der Waals surface area contributed by atoms with Crippen LogP contribution in [0.2, 0.25) is 0 Å². The average Bonchev–Trinajstić information content (AvgIpc) is 1.70. The fourth-order valence-corrected chi connectivity index (χ4v) is 17.1. The second-order valence-corrected chi connectivity index (χ2v) is 35.8. The standard InChI is InChI=1S/C91H129N21O20S/c1-51(2)38-65(104-84(125)66(41-54-16-7-6-8-17-54)103-81(122)62(93)40-55-23-29-59(114)30-24-55)83(124)105-67(42-56-25-31-60(115)32-26-56)86(127)108-70(39-52(3)4)90(131)112-37-15-20-72(112)88(129)107-68(43-57-27-33-61(116)34-28-57)85(126)106-69(44-58-45-95-50-100-58)87(128)110-78(53(5)113)89(130)102-64(19-11-13-35-92)82(123)99-47-76(119)97-46-75(118)98-48-77(120)101-63(80(94)121)18-12-14-36-96-74(117)22-10-9-21-73-79-71(49-133-73)109-91(132)111-79/h6-8,16-17,23-34,45,50-53,62-73,78-79,113-116H,9-15,18-22,35-44,46-49,92-93H2,1-5H3,(H2,94,121)(H,95,100)(H,96,117)(H,97,119)(H,98,118)(H,99,123)(H,101,120)(H,102,130)(H,103,122)(H,104,125)(H,105,124)(H,106,126)(H,107,129)(H,108,127)(H,110,128)(H2,109,111,132)/t53-,62+,63+,64+,65+,66+,67+,68+,69+,70+,71+,72+,73+,78+,79+/m1/s1. The summed E-state index contributed by atoms with van der Waals surface area (Å²) in [5, 5.41) is 81.7. The number of nitrogens with two attached hydrogens (primary N) is 3. The third kappa shape index (κ3) is 35.6. The maximum Gasteiger partial charge on any atom is 0.315 e. The molecule has 42 heteroatoms. The van der Waals surface area contributed by atoms with Gasteiger partial charge in [0.05, 0.1) is 55.9 Å². The molecule has 15 atom stereocenters. The molecule has 4 aromatic carbocycles. The van der Waals surface area contributed by atoms with Crippen molar-refractivity contribution < 1.29 is 97.1 Å². The highest BCUT2D eigenvalue weighted by Gasteiger charge is 2.45. The molecule has 0 bridgehead atoms. The van der Waals surface area contributed by atoms with Gasteiger partial charge in [0, 0.05) is 62.4 Å². The van der Waals surface area contributed by atoms with E-state index in [1.807, 2.05) is 25.6 Å². The Balaban J connectivity index is 0.875. The number of likely N-dealkylation sites (tertiary alicyclic amines) is 1. The lowest BCUT2D eigenvalue weighted by atomic mass is 9.98. The number of carbonyl (C=O) groups excluding carboxylic acids is 16. The molecular formula is C91H129N21O20S. The zero-order valence-corrected chi connectivity index (χ0v) is 76.3. The Hall–Kier alpha value is -13.0. The molecule has 3 aliphatic rings. The Kier molecular flexibility index (Phi) is 42.4. The zero-order chi connectivity index (χ0) is 96.8. The predicted octanol–water partition coefficient (Wildman–Crippen LogP) is -1.83. The number of carbonyl (C=O) groups is 16. The van der Waals surface area contributed by atoms with E-state index in [-0.39, 0.29) is 149 Å². The van der Waals surface area contributed by atoms with Gasteiger partial charge in [0.15, 0.2) is 0 Å². The second-order valence-electron chi connectivity index (χ2n) is 34.6. The van der Waals surface area contributed by atoms with Gasteiger partial charge in [-0.15, -0.1) is 0 Å². The number of aliphatic hydroxyl groups is 1. The number of phenolic OH excluding ortho intramolecular Hbond substituents is 3. The van der Waals surface area contributed by atoms with Crippen molar-refractivity contribution in [1.82, 2.24) is 94.6 Å². The van der Waals surface area contributed by atoms with Crippen LogP contribution in [0.5, 0.6) is 17.2 Å². The zero-order valence-electron chi connectivity index (χ0n) is 75.5. The quantitative estimate of drug-likeness (QED) is 0.0150. The number of unbranched alkanes of at least 4 members (excludes halogenated alkanes) is 3. The Morgan fingerprint density at radius 2 is 0.992 bits per heavy atom. The number of imidazole rings is 1. The lowest BCUT2D eigenvalue weighted by molar-refractivity contribution is -0.143. The fourth-order valence-electron chi connectivity index (χ4n) is 15.6. The SMILES string of the molecule is CC(C)C[C@H](NC(=O)[C@H](Cc1ccccc1)NC(=O)[C@@H](N)Cc1ccc(O)cc1)C(=O)N[C@@H](Cc1ccc(O)cc1)C(=O)N[C@@H](CC(C)C)C(=O)N1CCC[C@H]1C(=O)N[C@@H](Cc1ccc(O)cc1)C(=O)N[C@@H](Cc1c[nH]cn1)C(=O)N[C@H](C(=O)N[C@@H](CCCCN)C(=O)NCC(=O)NCC(=O)NCC(=O)N[C@@H](CCCCNC(=O)CCCC[C@@H]1SC[C@@H]2NC(=O)N[C@@H]21)C(N)=O)[C@@H](C)O. The Morgan fingerprint density at radius 3 is 1.56 bits per heavy atom. The number of aromatic hydroxyl groups is 3. The number of urea groups is 1. The van der Waals surface area contributed by atoms with E-state index in [1.165, 1.54) is 85.0 Å². The largest absolute Gasteiger partial charge is 0.508 e. The van der Waals surface area contributed by atoms with E-state index < -0.39 is 175 Å². The number of aliphatic hydroxyl groups excluding tert-OH is 1. The fraction of sp³-hybridized carbons (Fsp3) is 0.527. The number of phenols is 3. The molecule has 3 saturated heterocycles. The van der Waals surface area contributed by atoms with E-state index in [4.69, 9.17) is 17.2 Å². The Bertz CT molecular complexity index is 4730. The van der Waals surface area contributed by atoms with Gasteiger partial charge in [0.1, 0.15) is 77.7 Å². The molecule has 5 aromatic rings. The number of primary amides is 1. The summed E-state index contributed by atoms with van der Waals surface area (Å²) in [6.45, 7) is 6.89. The van der Waals surface area contributed by atoms with E-state index in [1.54, 1.807) is 56.3 Å². The molecule has 0 radical (unpaired) electrons. The number of rotatable bonds is 55. The molecule has 0 aliphatic carbocycles. The van der Waals surface area contributed by atoms with Gasteiger partial charge in [-0.05, 0) is 167 Å². The average molecular weight is 1870 g/mol. The molecule has 41 nitrogen and oxygen atoms in total. The van der Waals surface area contributed by atoms with Crippen LogP contribution >= 0.6 is 11.8 Å². The molecule has 724 valence electrons. The van der Waals surface area contributed by atoms with Crippen LogP contribution in [0.4, 0.5) is 4.79 Å². The van der Waals surface area contributed by atoms with Gasteiger partial charge in [-0.2, -0.15) is 11.8 Å². The summed E-state index contributed by atoms with van der Waals surface area (Å²) < 4.78 is 0. The number of H-pyrrole nitrogens is 1. The first-order valence-corrected chi connectivity index (χ1v) is 46.1. The van der Waals surface area contributed by atoms with Gasteiger partial charge in [-0.1, -0.05) is 101 Å². The predicted molar refractivity (Wildman–Crippen MR) is 490 cm³/mol. The third-order valence-electron chi connectivity index (χ3n) is 22.7. The summed E-state index contributed by atoms with van der Waals surface area (Å²) in [6.07, 6.45) is 4.87. The van der Waals surface area contributed by atoms with Crippen molar-refractivity contribution in [2.75, 3.05) is 45.0 Å². The summed E-state index contributed by atoms with van der Waals surface area (Å²) in [5.41, 5.74) is 20.1. The molecule has 3 aliphatic heterocycles. The minimum atomic E-state index is -1.84. The van der Waals surface area contributed by atoms with Crippen molar-refractivity contribution in [3.05, 3.63) is 144 Å². The molecule has 17 amide bonds. The van der Waals surface area contributed by atoms with E-state index >= 15 is 19.2 Å². The van der Waals surface area contributed by atoms with Crippen molar-refractivity contribution in [3.8, 4) is 17.2 Å². The van der Waals surface area contributed by atoms with E-state index in [0.717, 1.165) is 18.6 Å². The van der Waals surface area contributed by atoms with Gasteiger partial charge in [-0.25, -0.2) is 9.78 Å². The Labute approximate surface area is 775 Å². The van der Waals surface area contributed by atoms with Crippen LogP contribution < -0.4 is 97.0 Å². The number of hydrogen-bond donors (Lipinski definition) is 23. The molecule has 4 heterocycles. The van der Waals surface area contributed by atoms with Crippen LogP contribution in [0.1, 0.15) is 152 Å². The molecule has 3 fully saturated rings. The number of aromatic amines is 1. The smallest absolute Gasteiger partial charge is 0.315 e. The van der Waals surface area contributed by atoms with E-state index in [9.17, 15) is 78.0 Å². The van der Waals surface area contributed by atoms with Gasteiger partial charge in [-0.3, -0.25) is 71.9 Å². The Morgan fingerprint density at radius 1 is 0.496 bits per heavy atom. The minimum Gasteiger partial charge on any atom is -0.508 e. The highest BCUT2D eigenvalue weighted by atomic mass is 32.2. The van der Waals surface area contributed by atoms with Crippen LogP contribution in [0.15, 0.2) is 116 Å². The highest BCUT2D eigenvalue weighted by molar-refractivity contribution is 8.00. The molecule has 0 spiro atoms. The number of fused-ring (bicyclic) bond motifs is 1. The summed E-state index contributed by atoms with van der Waals surface area (Å²) in [5.74, 6) is -11.9. The lowest BCUT2D eigenvalue weighted by Crippen LogP contribution is -2.62. The number of nitrogens with one attached hydrogen (secondary N) is 16. The van der Waals surface area contributed by atoms with Gasteiger partial charge in [0.25, 0.3) is 0 Å². The summed E-state index contributed by atoms with van der Waals surface area (Å²) >= 11 is 1.81. The van der Waals surface area contributed by atoms with Crippen LogP contribution in [0, 0.1) is 11.8 Å². The summed E-state index contributed by atoms with van der Waals surface area (Å²) in [7, 11) is 0. The van der Waals surface area contributed by atoms with Crippen molar-refractivity contribution >= 4 is 106 Å². The maximum atomic E-state index is 15.3. The van der Waals surface area contributed by atoms with Gasteiger partial charge < -0.3 is 127 Å². The van der Waals surface area contributed by atoms with Gasteiger partial charge >= 0.3 is 6.03 Å². The molecule has 133 heavy (non-hydrogen) atoms. The number of hydrogen-bond acceptors (Lipinski definition) is 24. The minimum absolute atomic E-state index is 0.00379. The first-order chi connectivity index (χ1) is 63.5. The van der Waals surface area contributed by atoms with Crippen molar-refractivity contribution in [3.63, 3.8) is 0 Å². The molecule has 0 unspecified atom stereocenters. The van der Waals surface area contributed by atoms with Crippen LogP contribution in [0.25, 0.3) is 0 Å². The van der Waals surface area contributed by atoms with Gasteiger partial charge in [0.2, 0.25) is 88.6 Å². The van der Waals surface area contributed by atoms with Crippen LogP contribution in [-0.2, 0) is 104 Å². The number of amides is 17. The normalized spacial score (nSPS) is 17.4. The van der Waals surface area contributed by atoms with Crippen molar-refractivity contribution in [2.24, 2.45) is 29.0 Å². The van der Waals surface area contributed by atoms with Crippen LogP contribution in [-0.4, -0.2) is 265 Å². The third-order valence-corrected chi connectivity index (χ3v) is 24.2. The van der Waals surface area contributed by atoms with E-state index in [2.05, 4.69) is 89.7 Å². The first kappa shape index (κ1) is 105.